The van der Waals surface area contributed by atoms with Crippen LogP contribution in [0.1, 0.15) is 17.5 Å². The minimum atomic E-state index is -0.802. The molecule has 2 atom stereocenters. The summed E-state index contributed by atoms with van der Waals surface area (Å²) in [5, 5.41) is 10.1. The van der Waals surface area contributed by atoms with Crippen molar-refractivity contribution >= 4 is 0 Å². The summed E-state index contributed by atoms with van der Waals surface area (Å²) >= 11 is 0. The number of hydrogen-bond donors (Lipinski definition) is 1. The highest BCUT2D eigenvalue weighted by molar-refractivity contribution is 5.18. The van der Waals surface area contributed by atoms with Crippen molar-refractivity contribution in [2.24, 2.45) is 11.3 Å². The molecule has 0 aromatic heterocycles. The summed E-state index contributed by atoms with van der Waals surface area (Å²) in [5.41, 5.74) is 2.05. The summed E-state index contributed by atoms with van der Waals surface area (Å²) in [6.07, 6.45) is 0.934. The van der Waals surface area contributed by atoms with E-state index in [1.165, 1.54) is 17.7 Å². The van der Waals surface area contributed by atoms with Gasteiger partial charge in [-0.3, -0.25) is 9.80 Å². The number of nitrogens with zero attached hydrogens (tertiary/aromatic N) is 2. The first kappa shape index (κ1) is 18.5. The van der Waals surface area contributed by atoms with E-state index in [1.807, 2.05) is 6.07 Å². The summed E-state index contributed by atoms with van der Waals surface area (Å²) in [5.74, 6) is -1.20. The lowest BCUT2D eigenvalue weighted by Crippen LogP contribution is -2.48. The second-order valence-electron chi connectivity index (χ2n) is 8.11. The minimum Gasteiger partial charge on any atom is -0.396 e. The zero-order valence-electron chi connectivity index (χ0n) is 15.5. The molecule has 27 heavy (non-hydrogen) atoms. The van der Waals surface area contributed by atoms with Gasteiger partial charge in [-0.05, 0) is 42.1 Å². The smallest absolute Gasteiger partial charge is 0.159 e. The summed E-state index contributed by atoms with van der Waals surface area (Å²) in [7, 11) is 0. The van der Waals surface area contributed by atoms with Gasteiger partial charge >= 0.3 is 0 Å². The highest BCUT2D eigenvalue weighted by Gasteiger charge is 2.48. The van der Waals surface area contributed by atoms with Gasteiger partial charge in [0.25, 0.3) is 0 Å². The van der Waals surface area contributed by atoms with Crippen molar-refractivity contribution in [3.05, 3.63) is 71.3 Å². The first-order valence-electron chi connectivity index (χ1n) is 9.61. The minimum absolute atomic E-state index is 0.0423. The molecule has 4 rings (SSSR count). The van der Waals surface area contributed by atoms with Crippen molar-refractivity contribution < 1.29 is 13.9 Å². The Balaban J connectivity index is 1.42. The first-order chi connectivity index (χ1) is 13.1. The molecule has 144 valence electrons. The fourth-order valence-corrected chi connectivity index (χ4v) is 4.72. The third-order valence-corrected chi connectivity index (χ3v) is 6.24. The van der Waals surface area contributed by atoms with Crippen molar-refractivity contribution in [1.29, 1.82) is 0 Å². The summed E-state index contributed by atoms with van der Waals surface area (Å²) < 4.78 is 26.6. The lowest BCUT2D eigenvalue weighted by Gasteiger charge is -2.42. The predicted octanol–water partition coefficient (Wildman–Crippen LogP) is 3.28. The molecule has 2 heterocycles. The maximum atomic E-state index is 13.5. The number of aliphatic hydroxyl groups is 1. The quantitative estimate of drug-likeness (QED) is 0.873. The van der Waals surface area contributed by atoms with Crippen LogP contribution in [0.4, 0.5) is 8.78 Å². The largest absolute Gasteiger partial charge is 0.396 e. The molecule has 0 radical (unpaired) electrons. The number of rotatable bonds is 5. The van der Waals surface area contributed by atoms with E-state index in [0.717, 1.165) is 44.7 Å². The van der Waals surface area contributed by atoms with E-state index in [9.17, 15) is 13.9 Å². The Kier molecular flexibility index (Phi) is 5.26. The average Bonchev–Trinajstić information content (AvgIpc) is 3.03. The molecule has 5 heteroatoms. The van der Waals surface area contributed by atoms with Crippen LogP contribution < -0.4 is 0 Å². The molecule has 2 aromatic rings. The zero-order chi connectivity index (χ0) is 18.9. The predicted molar refractivity (Wildman–Crippen MR) is 101 cm³/mol. The molecule has 2 fully saturated rings. The van der Waals surface area contributed by atoms with Crippen LogP contribution in [0.2, 0.25) is 0 Å². The molecular weight excluding hydrogens is 346 g/mol. The molecule has 0 spiro atoms. The van der Waals surface area contributed by atoms with Crippen molar-refractivity contribution in [2.45, 2.75) is 19.5 Å². The van der Waals surface area contributed by atoms with Crippen LogP contribution in [0.3, 0.4) is 0 Å². The van der Waals surface area contributed by atoms with Gasteiger partial charge in [-0.2, -0.15) is 0 Å². The van der Waals surface area contributed by atoms with Crippen molar-refractivity contribution in [2.75, 3.05) is 32.8 Å². The highest BCUT2D eigenvalue weighted by Crippen LogP contribution is 2.43. The molecule has 0 amide bonds. The standard InChI is InChI=1S/C22H26F2N2O/c23-20-7-6-18(10-21(20)24)12-25-9-8-22(16-27)15-26(14-19(22)13-25)11-17-4-2-1-3-5-17/h1-7,10,19,27H,8-9,11-16H2/t19-,22+/m1/s1. The Labute approximate surface area is 159 Å². The Hall–Kier alpha value is -1.82. The molecule has 0 unspecified atom stereocenters. The van der Waals surface area contributed by atoms with Gasteiger partial charge in [-0.1, -0.05) is 36.4 Å². The Morgan fingerprint density at radius 3 is 2.41 bits per heavy atom. The molecule has 2 aromatic carbocycles. The van der Waals surface area contributed by atoms with Crippen LogP contribution in [0.5, 0.6) is 0 Å². The Morgan fingerprint density at radius 2 is 1.67 bits per heavy atom. The highest BCUT2D eigenvalue weighted by atomic mass is 19.2. The van der Waals surface area contributed by atoms with Crippen LogP contribution in [0.15, 0.2) is 48.5 Å². The molecule has 2 aliphatic heterocycles. The van der Waals surface area contributed by atoms with E-state index >= 15 is 0 Å². The third kappa shape index (κ3) is 3.91. The van der Waals surface area contributed by atoms with Gasteiger partial charge in [0.05, 0.1) is 6.61 Å². The van der Waals surface area contributed by atoms with E-state index in [2.05, 4.69) is 34.1 Å². The second kappa shape index (κ2) is 7.66. The van der Waals surface area contributed by atoms with Gasteiger partial charge in [-0.15, -0.1) is 0 Å². The zero-order valence-corrected chi connectivity index (χ0v) is 15.5. The summed E-state index contributed by atoms with van der Waals surface area (Å²) in [4.78, 5) is 4.74. The van der Waals surface area contributed by atoms with E-state index in [1.54, 1.807) is 6.07 Å². The van der Waals surface area contributed by atoms with Gasteiger partial charge in [0, 0.05) is 38.1 Å². The second-order valence-corrected chi connectivity index (χ2v) is 8.11. The monoisotopic (exact) mass is 372 g/mol. The first-order valence-corrected chi connectivity index (χ1v) is 9.61. The molecule has 0 saturated carbocycles. The van der Waals surface area contributed by atoms with Crippen LogP contribution in [0, 0.1) is 23.0 Å². The van der Waals surface area contributed by atoms with E-state index in [0.29, 0.717) is 12.5 Å². The molecule has 2 aliphatic rings. The van der Waals surface area contributed by atoms with Gasteiger partial charge in [-0.25, -0.2) is 8.78 Å². The normalized spacial score (nSPS) is 26.3. The fourth-order valence-electron chi connectivity index (χ4n) is 4.72. The Morgan fingerprint density at radius 1 is 0.926 bits per heavy atom. The average molecular weight is 372 g/mol. The number of hydrogen-bond acceptors (Lipinski definition) is 3. The van der Waals surface area contributed by atoms with E-state index in [-0.39, 0.29) is 12.0 Å². The lowest BCUT2D eigenvalue weighted by molar-refractivity contribution is 0.0159. The van der Waals surface area contributed by atoms with Gasteiger partial charge < -0.3 is 5.11 Å². The molecule has 3 nitrogen and oxygen atoms in total. The van der Waals surface area contributed by atoms with Gasteiger partial charge in [0.15, 0.2) is 11.6 Å². The van der Waals surface area contributed by atoms with Crippen molar-refractivity contribution in [1.82, 2.24) is 9.80 Å². The molecule has 0 bridgehead atoms. The van der Waals surface area contributed by atoms with Crippen LogP contribution in [0.25, 0.3) is 0 Å². The van der Waals surface area contributed by atoms with Crippen LogP contribution >= 0.6 is 0 Å². The maximum Gasteiger partial charge on any atom is 0.159 e. The Bertz CT molecular complexity index is 785. The summed E-state index contributed by atoms with van der Waals surface area (Å²) in [6.45, 7) is 5.37. The third-order valence-electron chi connectivity index (χ3n) is 6.24. The number of fused-ring (bicyclic) bond motifs is 1. The van der Waals surface area contributed by atoms with Gasteiger partial charge in [0.1, 0.15) is 0 Å². The number of aliphatic hydroxyl groups excluding tert-OH is 1. The van der Waals surface area contributed by atoms with Gasteiger partial charge in [0.2, 0.25) is 0 Å². The lowest BCUT2D eigenvalue weighted by atomic mass is 9.73. The summed E-state index contributed by atoms with van der Waals surface area (Å²) in [6, 6.07) is 14.6. The maximum absolute atomic E-state index is 13.5. The SMILES string of the molecule is OC[C@@]12CCN(Cc3ccc(F)c(F)c3)C[C@@H]1CN(Cc1ccccc1)C2. The number of benzene rings is 2. The van der Waals surface area contributed by atoms with Crippen molar-refractivity contribution in [3.8, 4) is 0 Å². The number of piperidine rings is 1. The van der Waals surface area contributed by atoms with E-state index in [4.69, 9.17) is 0 Å². The fraction of sp³-hybridized carbons (Fsp3) is 0.455. The molecule has 0 aliphatic carbocycles. The van der Waals surface area contributed by atoms with Crippen LogP contribution in [-0.4, -0.2) is 47.7 Å². The van der Waals surface area contributed by atoms with Crippen LogP contribution in [-0.2, 0) is 13.1 Å². The molecular formula is C22H26F2N2O. The van der Waals surface area contributed by atoms with Crippen molar-refractivity contribution in [3.63, 3.8) is 0 Å². The number of halogens is 2. The van der Waals surface area contributed by atoms with E-state index < -0.39 is 11.6 Å². The molecule has 1 N–H and O–H groups in total. The number of likely N-dealkylation sites (tertiary alicyclic amines) is 2. The topological polar surface area (TPSA) is 26.7 Å². The molecule has 2 saturated heterocycles.